The van der Waals surface area contributed by atoms with Gasteiger partial charge in [0.25, 0.3) is 0 Å². The summed E-state index contributed by atoms with van der Waals surface area (Å²) in [6.07, 6.45) is 1.62. The second kappa shape index (κ2) is 5.06. The van der Waals surface area contributed by atoms with Crippen molar-refractivity contribution < 1.29 is 4.42 Å². The van der Waals surface area contributed by atoms with Gasteiger partial charge in [0.15, 0.2) is 0 Å². The molecule has 1 aromatic heterocycles. The molecule has 0 spiro atoms. The van der Waals surface area contributed by atoms with Crippen molar-refractivity contribution in [1.29, 1.82) is 0 Å². The van der Waals surface area contributed by atoms with E-state index in [2.05, 4.69) is 10.5 Å². The first-order valence-corrected chi connectivity index (χ1v) is 5.65. The Morgan fingerprint density at radius 1 is 1.35 bits per heavy atom. The second-order valence-corrected chi connectivity index (χ2v) is 4.16. The van der Waals surface area contributed by atoms with E-state index in [4.69, 9.17) is 16.0 Å². The summed E-state index contributed by atoms with van der Waals surface area (Å²) in [5.41, 5.74) is 5.63. The predicted octanol–water partition coefficient (Wildman–Crippen LogP) is 4.08. The zero-order valence-electron chi connectivity index (χ0n) is 9.70. The SMILES string of the molecule is C/C(=N/Nc1ccc(C)c(Cl)c1)c1ccco1. The molecule has 0 aliphatic rings. The Hall–Kier alpha value is -1.74. The highest BCUT2D eigenvalue weighted by Crippen LogP contribution is 2.20. The molecule has 0 radical (unpaired) electrons. The average molecular weight is 249 g/mol. The average Bonchev–Trinajstić information content (AvgIpc) is 2.84. The molecule has 0 saturated heterocycles. The van der Waals surface area contributed by atoms with Gasteiger partial charge >= 0.3 is 0 Å². The number of furan rings is 1. The number of rotatable bonds is 3. The molecule has 0 atom stereocenters. The van der Waals surface area contributed by atoms with Gasteiger partial charge in [-0.15, -0.1) is 0 Å². The lowest BCUT2D eigenvalue weighted by Gasteiger charge is -2.04. The molecular weight excluding hydrogens is 236 g/mol. The van der Waals surface area contributed by atoms with Crippen LogP contribution < -0.4 is 5.43 Å². The monoisotopic (exact) mass is 248 g/mol. The minimum Gasteiger partial charge on any atom is -0.463 e. The van der Waals surface area contributed by atoms with Crippen LogP contribution in [0.1, 0.15) is 18.2 Å². The molecule has 0 unspecified atom stereocenters. The highest BCUT2D eigenvalue weighted by atomic mass is 35.5. The van der Waals surface area contributed by atoms with Crippen molar-refractivity contribution in [2.24, 2.45) is 5.10 Å². The van der Waals surface area contributed by atoms with Crippen LogP contribution in [0, 0.1) is 6.92 Å². The minimum atomic E-state index is 0.723. The summed E-state index contributed by atoms with van der Waals surface area (Å²) in [6.45, 7) is 3.84. The van der Waals surface area contributed by atoms with Gasteiger partial charge in [-0.25, -0.2) is 0 Å². The maximum Gasteiger partial charge on any atom is 0.149 e. The van der Waals surface area contributed by atoms with E-state index in [0.29, 0.717) is 0 Å². The zero-order chi connectivity index (χ0) is 12.3. The minimum absolute atomic E-state index is 0.723. The van der Waals surface area contributed by atoms with Gasteiger partial charge in [-0.05, 0) is 43.7 Å². The van der Waals surface area contributed by atoms with Crippen LogP contribution in [0.3, 0.4) is 0 Å². The van der Waals surface area contributed by atoms with E-state index in [1.807, 2.05) is 44.2 Å². The third-order valence-corrected chi connectivity index (χ3v) is 2.81. The molecule has 0 aliphatic carbocycles. The van der Waals surface area contributed by atoms with Crippen LogP contribution >= 0.6 is 11.6 Å². The van der Waals surface area contributed by atoms with Crippen molar-refractivity contribution in [3.8, 4) is 0 Å². The third-order valence-electron chi connectivity index (χ3n) is 2.40. The summed E-state index contributed by atoms with van der Waals surface area (Å²) in [5, 5.41) is 4.94. The van der Waals surface area contributed by atoms with Crippen LogP contribution in [-0.2, 0) is 0 Å². The fourth-order valence-electron chi connectivity index (χ4n) is 1.35. The van der Waals surface area contributed by atoms with Crippen molar-refractivity contribution in [3.05, 3.63) is 52.9 Å². The Morgan fingerprint density at radius 2 is 2.18 bits per heavy atom. The lowest BCUT2D eigenvalue weighted by Crippen LogP contribution is -1.98. The van der Waals surface area contributed by atoms with Crippen LogP contribution in [-0.4, -0.2) is 5.71 Å². The molecule has 0 bridgehead atoms. The highest BCUT2D eigenvalue weighted by molar-refractivity contribution is 6.31. The summed E-state index contributed by atoms with van der Waals surface area (Å²) < 4.78 is 5.23. The van der Waals surface area contributed by atoms with Crippen LogP contribution in [0.15, 0.2) is 46.1 Å². The molecule has 2 rings (SSSR count). The van der Waals surface area contributed by atoms with Gasteiger partial charge in [0.2, 0.25) is 0 Å². The van der Waals surface area contributed by atoms with Crippen LogP contribution in [0.2, 0.25) is 5.02 Å². The van der Waals surface area contributed by atoms with Crippen molar-refractivity contribution >= 4 is 23.0 Å². The molecule has 0 saturated carbocycles. The Bertz CT molecular complexity index is 532. The van der Waals surface area contributed by atoms with Crippen molar-refractivity contribution in [1.82, 2.24) is 0 Å². The van der Waals surface area contributed by atoms with Crippen LogP contribution in [0.5, 0.6) is 0 Å². The first-order chi connectivity index (χ1) is 8.16. The normalized spacial score (nSPS) is 11.6. The largest absolute Gasteiger partial charge is 0.463 e. The highest BCUT2D eigenvalue weighted by Gasteiger charge is 2.00. The number of hydrogen-bond donors (Lipinski definition) is 1. The number of halogens is 1. The van der Waals surface area contributed by atoms with E-state index in [9.17, 15) is 0 Å². The molecule has 0 fully saturated rings. The van der Waals surface area contributed by atoms with E-state index in [1.54, 1.807) is 6.26 Å². The Labute approximate surface area is 105 Å². The molecule has 1 aromatic carbocycles. The molecule has 0 aliphatic heterocycles. The molecule has 4 heteroatoms. The van der Waals surface area contributed by atoms with E-state index >= 15 is 0 Å². The van der Waals surface area contributed by atoms with Gasteiger partial charge in [0.1, 0.15) is 11.5 Å². The van der Waals surface area contributed by atoms with Crippen molar-refractivity contribution in [3.63, 3.8) is 0 Å². The fraction of sp³-hybridized carbons (Fsp3) is 0.154. The molecule has 0 amide bonds. The number of benzene rings is 1. The number of hydrogen-bond acceptors (Lipinski definition) is 3. The fourth-order valence-corrected chi connectivity index (χ4v) is 1.53. The van der Waals surface area contributed by atoms with Crippen LogP contribution in [0.25, 0.3) is 0 Å². The maximum absolute atomic E-state index is 6.02. The lowest BCUT2D eigenvalue weighted by molar-refractivity contribution is 0.557. The maximum atomic E-state index is 6.02. The molecule has 1 heterocycles. The van der Waals surface area contributed by atoms with Gasteiger partial charge in [-0.2, -0.15) is 5.10 Å². The zero-order valence-corrected chi connectivity index (χ0v) is 10.5. The smallest absolute Gasteiger partial charge is 0.149 e. The Morgan fingerprint density at radius 3 is 2.82 bits per heavy atom. The van der Waals surface area contributed by atoms with Gasteiger partial charge < -0.3 is 4.42 Å². The quantitative estimate of drug-likeness (QED) is 0.657. The Kier molecular flexibility index (Phi) is 3.49. The molecule has 3 nitrogen and oxygen atoms in total. The standard InChI is InChI=1S/C13H13ClN2O/c1-9-5-6-11(8-12(9)14)16-15-10(2)13-4-3-7-17-13/h3-8,16H,1-2H3/b15-10-. The number of nitrogens with one attached hydrogen (secondary N) is 1. The molecule has 88 valence electrons. The van der Waals surface area contributed by atoms with Crippen molar-refractivity contribution in [2.45, 2.75) is 13.8 Å². The number of hydrazone groups is 1. The van der Waals surface area contributed by atoms with E-state index < -0.39 is 0 Å². The summed E-state index contributed by atoms with van der Waals surface area (Å²) in [6, 6.07) is 9.41. The van der Waals surface area contributed by atoms with Gasteiger partial charge in [-0.1, -0.05) is 17.7 Å². The predicted molar refractivity (Wildman–Crippen MR) is 70.7 cm³/mol. The van der Waals surface area contributed by atoms with E-state index in [0.717, 1.165) is 27.7 Å². The molecule has 17 heavy (non-hydrogen) atoms. The van der Waals surface area contributed by atoms with E-state index in [-0.39, 0.29) is 0 Å². The second-order valence-electron chi connectivity index (χ2n) is 3.75. The van der Waals surface area contributed by atoms with Crippen molar-refractivity contribution in [2.75, 3.05) is 5.43 Å². The number of aryl methyl sites for hydroxylation is 1. The third kappa shape index (κ3) is 2.88. The molecule has 1 N–H and O–H groups in total. The Balaban J connectivity index is 2.11. The molecular formula is C13H13ClN2O. The lowest BCUT2D eigenvalue weighted by atomic mass is 10.2. The number of nitrogens with zero attached hydrogens (tertiary/aromatic N) is 1. The van der Waals surface area contributed by atoms with E-state index in [1.165, 1.54) is 0 Å². The van der Waals surface area contributed by atoms with Crippen LogP contribution in [0.4, 0.5) is 5.69 Å². The van der Waals surface area contributed by atoms with Gasteiger partial charge in [0.05, 0.1) is 12.0 Å². The first-order valence-electron chi connectivity index (χ1n) is 5.27. The van der Waals surface area contributed by atoms with Gasteiger partial charge in [-0.3, -0.25) is 5.43 Å². The summed E-state index contributed by atoms with van der Waals surface area (Å²) >= 11 is 6.02. The first kappa shape index (κ1) is 11.7. The van der Waals surface area contributed by atoms with Gasteiger partial charge in [0, 0.05) is 5.02 Å². The summed E-state index contributed by atoms with van der Waals surface area (Å²) in [5.74, 6) is 0.746. The number of anilines is 1. The molecule has 2 aromatic rings. The topological polar surface area (TPSA) is 37.5 Å². The summed E-state index contributed by atoms with van der Waals surface area (Å²) in [4.78, 5) is 0. The summed E-state index contributed by atoms with van der Waals surface area (Å²) in [7, 11) is 0.